The van der Waals surface area contributed by atoms with Crippen LogP contribution in [0.25, 0.3) is 0 Å². The molecule has 1 aromatic heterocycles. The molecule has 30 heavy (non-hydrogen) atoms. The molecule has 1 aliphatic rings. The van der Waals surface area contributed by atoms with Crippen LogP contribution < -0.4 is 9.75 Å². The van der Waals surface area contributed by atoms with Gasteiger partial charge < -0.3 is 4.74 Å². The Morgan fingerprint density at radius 2 is 1.87 bits per heavy atom. The topological polar surface area (TPSA) is 60.3 Å². The Balaban J connectivity index is 1.55. The standard InChI is InChI=1S/C22H23ClN4O2S/c1-22(2,3)15-8-10-16(11-9-15)29-14-19-24-25-21-27(19)26(12-13-30-21)20(28)17-6-4-5-7-18(17)23/h4-11H,12-14H2,1-3H3. The number of hydrogen-bond acceptors (Lipinski definition) is 5. The Kier molecular flexibility index (Phi) is 5.75. The van der Waals surface area contributed by atoms with Gasteiger partial charge in [0.2, 0.25) is 5.16 Å². The molecule has 0 saturated carbocycles. The van der Waals surface area contributed by atoms with E-state index in [1.165, 1.54) is 5.56 Å². The summed E-state index contributed by atoms with van der Waals surface area (Å²) in [5.41, 5.74) is 1.78. The van der Waals surface area contributed by atoms with Gasteiger partial charge in [-0.05, 0) is 35.2 Å². The second kappa shape index (κ2) is 8.32. The molecule has 0 radical (unpaired) electrons. The number of aromatic nitrogens is 3. The van der Waals surface area contributed by atoms with Crippen LogP contribution in [-0.2, 0) is 12.0 Å². The molecule has 1 amide bonds. The van der Waals surface area contributed by atoms with E-state index in [0.717, 1.165) is 11.5 Å². The lowest BCUT2D eigenvalue weighted by molar-refractivity contribution is 0.0953. The van der Waals surface area contributed by atoms with E-state index in [4.69, 9.17) is 16.3 Å². The summed E-state index contributed by atoms with van der Waals surface area (Å²) in [4.78, 5) is 13.2. The van der Waals surface area contributed by atoms with E-state index in [0.29, 0.717) is 28.1 Å². The van der Waals surface area contributed by atoms with Crippen molar-refractivity contribution >= 4 is 29.3 Å². The first-order valence-corrected chi connectivity index (χ1v) is 11.1. The largest absolute Gasteiger partial charge is 0.486 e. The van der Waals surface area contributed by atoms with Gasteiger partial charge in [-0.15, -0.1) is 10.2 Å². The predicted octanol–water partition coefficient (Wildman–Crippen LogP) is 4.69. The molecule has 3 aromatic rings. The molecule has 156 valence electrons. The lowest BCUT2D eigenvalue weighted by atomic mass is 9.87. The number of halogens is 1. The van der Waals surface area contributed by atoms with E-state index >= 15 is 0 Å². The molecule has 0 N–H and O–H groups in total. The van der Waals surface area contributed by atoms with Crippen molar-refractivity contribution in [1.82, 2.24) is 14.9 Å². The molecule has 0 bridgehead atoms. The second-order valence-corrected chi connectivity index (χ2v) is 9.50. The summed E-state index contributed by atoms with van der Waals surface area (Å²) < 4.78 is 7.68. The minimum atomic E-state index is -0.183. The van der Waals surface area contributed by atoms with Crippen molar-refractivity contribution in [3.8, 4) is 5.75 Å². The molecule has 6 nitrogen and oxygen atoms in total. The van der Waals surface area contributed by atoms with Crippen molar-refractivity contribution in [3.63, 3.8) is 0 Å². The first-order valence-electron chi connectivity index (χ1n) is 9.72. The predicted molar refractivity (Wildman–Crippen MR) is 119 cm³/mol. The van der Waals surface area contributed by atoms with Gasteiger partial charge in [-0.25, -0.2) is 9.69 Å². The van der Waals surface area contributed by atoms with Crippen LogP contribution in [0.1, 0.15) is 42.5 Å². The zero-order valence-corrected chi connectivity index (χ0v) is 18.7. The molecule has 0 spiro atoms. The number of rotatable bonds is 4. The van der Waals surface area contributed by atoms with E-state index < -0.39 is 0 Å². The number of nitrogens with zero attached hydrogens (tertiary/aromatic N) is 4. The molecule has 4 rings (SSSR count). The quantitative estimate of drug-likeness (QED) is 0.586. The lowest BCUT2D eigenvalue weighted by Crippen LogP contribution is -2.45. The molecule has 2 heterocycles. The summed E-state index contributed by atoms with van der Waals surface area (Å²) in [7, 11) is 0. The van der Waals surface area contributed by atoms with Crippen LogP contribution in [0.2, 0.25) is 5.02 Å². The van der Waals surface area contributed by atoms with Crippen LogP contribution in [0.5, 0.6) is 5.75 Å². The zero-order valence-electron chi connectivity index (χ0n) is 17.1. The smallest absolute Gasteiger partial charge is 0.274 e. The van der Waals surface area contributed by atoms with Gasteiger partial charge in [0, 0.05) is 5.75 Å². The lowest BCUT2D eigenvalue weighted by Gasteiger charge is -2.29. The van der Waals surface area contributed by atoms with E-state index in [1.54, 1.807) is 45.7 Å². The highest BCUT2D eigenvalue weighted by atomic mass is 35.5. The van der Waals surface area contributed by atoms with Crippen LogP contribution >= 0.6 is 23.4 Å². The maximum Gasteiger partial charge on any atom is 0.274 e. The first kappa shape index (κ1) is 20.8. The molecular formula is C22H23ClN4O2S. The maximum absolute atomic E-state index is 13.2. The highest BCUT2D eigenvalue weighted by molar-refractivity contribution is 7.99. The van der Waals surface area contributed by atoms with Crippen LogP contribution in [0.4, 0.5) is 0 Å². The normalized spacial score (nSPS) is 13.8. The number of ether oxygens (including phenoxy) is 1. The highest BCUT2D eigenvalue weighted by Gasteiger charge is 2.29. The maximum atomic E-state index is 13.2. The van der Waals surface area contributed by atoms with E-state index in [-0.39, 0.29) is 17.9 Å². The summed E-state index contributed by atoms with van der Waals surface area (Å²) in [6.45, 7) is 7.26. The van der Waals surface area contributed by atoms with Crippen molar-refractivity contribution in [2.45, 2.75) is 37.9 Å². The molecule has 2 aromatic carbocycles. The van der Waals surface area contributed by atoms with Gasteiger partial charge in [0.05, 0.1) is 17.1 Å². The van der Waals surface area contributed by atoms with E-state index in [1.807, 2.05) is 12.1 Å². The fourth-order valence-electron chi connectivity index (χ4n) is 3.21. The van der Waals surface area contributed by atoms with E-state index in [9.17, 15) is 4.79 Å². The van der Waals surface area contributed by atoms with Gasteiger partial charge in [0.15, 0.2) is 5.82 Å². The van der Waals surface area contributed by atoms with Crippen molar-refractivity contribution in [2.75, 3.05) is 17.3 Å². The van der Waals surface area contributed by atoms with Crippen molar-refractivity contribution in [3.05, 3.63) is 70.5 Å². The average molecular weight is 443 g/mol. The summed E-state index contributed by atoms with van der Waals surface area (Å²) in [6.07, 6.45) is 0. The first-order chi connectivity index (χ1) is 14.3. The molecule has 0 aliphatic carbocycles. The zero-order chi connectivity index (χ0) is 21.3. The summed E-state index contributed by atoms with van der Waals surface area (Å²) >= 11 is 7.81. The molecule has 0 saturated heterocycles. The van der Waals surface area contributed by atoms with Crippen LogP contribution in [-0.4, -0.2) is 33.1 Å². The number of fused-ring (bicyclic) bond motifs is 1. The molecular weight excluding hydrogens is 420 g/mol. The molecule has 8 heteroatoms. The SMILES string of the molecule is CC(C)(C)c1ccc(OCc2nnc3n2N(C(=O)c2ccccc2Cl)CCS3)cc1. The summed E-state index contributed by atoms with van der Waals surface area (Å²) in [6, 6.07) is 15.1. The number of benzene rings is 2. The third-order valence-electron chi connectivity index (χ3n) is 4.88. The summed E-state index contributed by atoms with van der Waals surface area (Å²) in [5, 5.41) is 11.2. The van der Waals surface area contributed by atoms with Crippen molar-refractivity contribution in [1.29, 1.82) is 0 Å². The second-order valence-electron chi connectivity index (χ2n) is 8.03. The number of hydrogen-bond donors (Lipinski definition) is 0. The number of thioether (sulfide) groups is 1. The Morgan fingerprint density at radius 1 is 1.13 bits per heavy atom. The minimum Gasteiger partial charge on any atom is -0.486 e. The third-order valence-corrected chi connectivity index (χ3v) is 6.11. The van der Waals surface area contributed by atoms with Crippen molar-refractivity contribution in [2.24, 2.45) is 0 Å². The van der Waals surface area contributed by atoms with Gasteiger partial charge in [-0.2, -0.15) is 0 Å². The van der Waals surface area contributed by atoms with Gasteiger partial charge in [-0.3, -0.25) is 4.79 Å². The Bertz CT molecular complexity index is 1060. The molecule has 0 unspecified atom stereocenters. The Labute approximate surface area is 185 Å². The molecule has 0 fully saturated rings. The number of carbonyl (C=O) groups excluding carboxylic acids is 1. The van der Waals surface area contributed by atoms with Crippen LogP contribution in [0.3, 0.4) is 0 Å². The van der Waals surface area contributed by atoms with Crippen molar-refractivity contribution < 1.29 is 9.53 Å². The fourth-order valence-corrected chi connectivity index (χ4v) is 4.29. The monoisotopic (exact) mass is 442 g/mol. The highest BCUT2D eigenvalue weighted by Crippen LogP contribution is 2.27. The van der Waals surface area contributed by atoms with E-state index in [2.05, 4.69) is 43.1 Å². The van der Waals surface area contributed by atoms with Crippen LogP contribution in [0, 0.1) is 0 Å². The molecule has 0 atom stereocenters. The van der Waals surface area contributed by atoms with Crippen LogP contribution in [0.15, 0.2) is 53.7 Å². The number of amides is 1. The molecule has 1 aliphatic heterocycles. The van der Waals surface area contributed by atoms with Gasteiger partial charge in [-0.1, -0.05) is 68.4 Å². The van der Waals surface area contributed by atoms with Gasteiger partial charge in [0.1, 0.15) is 12.4 Å². The summed E-state index contributed by atoms with van der Waals surface area (Å²) in [5.74, 6) is 1.87. The third kappa shape index (κ3) is 4.18. The minimum absolute atomic E-state index is 0.0847. The van der Waals surface area contributed by atoms with Gasteiger partial charge >= 0.3 is 0 Å². The Hall–Kier alpha value is -2.51. The average Bonchev–Trinajstić information content (AvgIpc) is 3.15. The fraction of sp³-hybridized carbons (Fsp3) is 0.318. The number of carbonyl (C=O) groups is 1. The van der Waals surface area contributed by atoms with Gasteiger partial charge in [0.25, 0.3) is 5.91 Å². The Morgan fingerprint density at radius 3 is 2.57 bits per heavy atom.